The number of hydrogen-bond acceptors (Lipinski definition) is 4. The average molecular weight is 298 g/mol. The van der Waals surface area contributed by atoms with E-state index in [1.54, 1.807) is 24.3 Å². The molecule has 2 aliphatic heterocycles. The van der Waals surface area contributed by atoms with E-state index >= 15 is 0 Å². The Hall–Kier alpha value is -3.42. The van der Waals surface area contributed by atoms with Crippen LogP contribution in [0.2, 0.25) is 0 Å². The molecule has 0 spiro atoms. The van der Waals surface area contributed by atoms with Crippen molar-refractivity contribution in [1.29, 1.82) is 0 Å². The van der Waals surface area contributed by atoms with Crippen molar-refractivity contribution in [3.05, 3.63) is 46.8 Å². The first kappa shape index (κ1) is 13.6. The van der Waals surface area contributed by atoms with E-state index in [1.165, 1.54) is 12.2 Å². The zero-order valence-corrected chi connectivity index (χ0v) is 11.1. The maximum Gasteiger partial charge on any atom is 0.326 e. The number of carbonyl (C=O) groups excluding carboxylic acids is 4. The number of amides is 6. The van der Waals surface area contributed by atoms with E-state index in [0.717, 1.165) is 0 Å². The number of carbonyl (C=O) groups is 4. The van der Waals surface area contributed by atoms with Crippen LogP contribution in [0.1, 0.15) is 11.1 Å². The maximum atomic E-state index is 11.4. The Bertz CT molecular complexity index is 697. The van der Waals surface area contributed by atoms with Gasteiger partial charge >= 0.3 is 12.1 Å². The average Bonchev–Trinajstić information content (AvgIpc) is 2.94. The number of benzene rings is 1. The third-order valence-electron chi connectivity index (χ3n) is 3.00. The first-order chi connectivity index (χ1) is 10.5. The minimum Gasteiger partial charge on any atom is -0.303 e. The zero-order chi connectivity index (χ0) is 15.7. The maximum absolute atomic E-state index is 11.4. The fourth-order valence-electron chi connectivity index (χ4n) is 1.99. The molecule has 0 saturated carbocycles. The van der Waals surface area contributed by atoms with E-state index in [2.05, 4.69) is 21.3 Å². The molecule has 2 aliphatic rings. The van der Waals surface area contributed by atoms with Crippen LogP contribution in [0.25, 0.3) is 12.2 Å². The van der Waals surface area contributed by atoms with E-state index in [9.17, 15) is 19.2 Å². The minimum absolute atomic E-state index is 0.165. The lowest BCUT2D eigenvalue weighted by atomic mass is 10.1. The zero-order valence-electron chi connectivity index (χ0n) is 11.1. The van der Waals surface area contributed by atoms with Gasteiger partial charge in [-0.3, -0.25) is 20.2 Å². The molecule has 0 atom stereocenters. The van der Waals surface area contributed by atoms with Crippen LogP contribution in [-0.4, -0.2) is 23.9 Å². The highest BCUT2D eigenvalue weighted by Crippen LogP contribution is 2.13. The van der Waals surface area contributed by atoms with Gasteiger partial charge in [-0.05, 0) is 23.3 Å². The van der Waals surface area contributed by atoms with Crippen LogP contribution in [0, 0.1) is 0 Å². The molecule has 2 heterocycles. The van der Waals surface area contributed by atoms with Crippen LogP contribution in [0.3, 0.4) is 0 Å². The van der Waals surface area contributed by atoms with Gasteiger partial charge in [0.2, 0.25) is 0 Å². The van der Waals surface area contributed by atoms with Crippen molar-refractivity contribution in [2.24, 2.45) is 0 Å². The molecule has 0 aromatic heterocycles. The van der Waals surface area contributed by atoms with Gasteiger partial charge in [0.15, 0.2) is 0 Å². The fourth-order valence-corrected chi connectivity index (χ4v) is 1.99. The molecular weight excluding hydrogens is 288 g/mol. The van der Waals surface area contributed by atoms with E-state index in [0.29, 0.717) is 11.1 Å². The number of urea groups is 2. The lowest BCUT2D eigenvalue weighted by molar-refractivity contribution is -0.116. The summed E-state index contributed by atoms with van der Waals surface area (Å²) in [6.45, 7) is 0. The standard InChI is InChI=1S/C14H10N4O4/c19-11-9(15-13(21)17-11)5-7-1-2-8(4-3-7)6-10-12(20)18-14(22)16-10/h1-6H,(H2,15,17,19,21)(H2,16,18,20,22)/b9-5-,10-6+. The summed E-state index contributed by atoms with van der Waals surface area (Å²) in [5.41, 5.74) is 1.74. The van der Waals surface area contributed by atoms with Crippen LogP contribution >= 0.6 is 0 Å². The van der Waals surface area contributed by atoms with E-state index in [1.807, 2.05) is 0 Å². The predicted molar refractivity (Wildman–Crippen MR) is 75.7 cm³/mol. The third-order valence-corrected chi connectivity index (χ3v) is 3.00. The molecule has 110 valence electrons. The van der Waals surface area contributed by atoms with Crippen molar-refractivity contribution in [3.8, 4) is 0 Å². The summed E-state index contributed by atoms with van der Waals surface area (Å²) in [5.74, 6) is -0.969. The lowest BCUT2D eigenvalue weighted by Gasteiger charge is -1.99. The van der Waals surface area contributed by atoms with E-state index in [4.69, 9.17) is 0 Å². The Kier molecular flexibility index (Phi) is 3.18. The van der Waals surface area contributed by atoms with E-state index in [-0.39, 0.29) is 11.4 Å². The minimum atomic E-state index is -0.555. The van der Waals surface area contributed by atoms with Crippen molar-refractivity contribution in [2.75, 3.05) is 0 Å². The Morgan fingerprint density at radius 2 is 0.955 bits per heavy atom. The first-order valence-corrected chi connectivity index (χ1v) is 6.29. The van der Waals surface area contributed by atoms with Crippen molar-refractivity contribution in [1.82, 2.24) is 21.3 Å². The van der Waals surface area contributed by atoms with Gasteiger partial charge in [-0.25, -0.2) is 9.59 Å². The highest BCUT2D eigenvalue weighted by molar-refractivity contribution is 6.14. The number of rotatable bonds is 2. The SMILES string of the molecule is O=C1NC(=O)/C(=C/c2ccc(/C=C3/NC(=O)NC3=O)cc2)N1. The first-order valence-electron chi connectivity index (χ1n) is 6.29. The summed E-state index contributed by atoms with van der Waals surface area (Å²) in [7, 11) is 0. The molecule has 1 aromatic carbocycles. The van der Waals surface area contributed by atoms with Crippen LogP contribution in [0.4, 0.5) is 9.59 Å². The summed E-state index contributed by atoms with van der Waals surface area (Å²) in [6, 6.07) is 5.75. The van der Waals surface area contributed by atoms with Gasteiger partial charge in [0, 0.05) is 0 Å². The summed E-state index contributed by atoms with van der Waals surface area (Å²) in [4.78, 5) is 44.8. The van der Waals surface area contributed by atoms with Crippen LogP contribution in [-0.2, 0) is 9.59 Å². The molecule has 0 bridgehead atoms. The fraction of sp³-hybridized carbons (Fsp3) is 0. The molecule has 8 heteroatoms. The van der Waals surface area contributed by atoms with Gasteiger partial charge < -0.3 is 10.6 Å². The molecule has 2 saturated heterocycles. The van der Waals surface area contributed by atoms with Crippen molar-refractivity contribution < 1.29 is 19.2 Å². The summed E-state index contributed by atoms with van der Waals surface area (Å²) in [6.07, 6.45) is 3.06. The second-order valence-corrected chi connectivity index (χ2v) is 4.60. The van der Waals surface area contributed by atoms with Crippen molar-refractivity contribution in [2.45, 2.75) is 0 Å². The van der Waals surface area contributed by atoms with Gasteiger partial charge in [0.05, 0.1) is 0 Å². The molecule has 0 unspecified atom stereocenters. The molecule has 0 aliphatic carbocycles. The molecule has 8 nitrogen and oxygen atoms in total. The highest BCUT2D eigenvalue weighted by Gasteiger charge is 2.23. The summed E-state index contributed by atoms with van der Waals surface area (Å²) < 4.78 is 0. The molecule has 1 aromatic rings. The molecular formula is C14H10N4O4. The topological polar surface area (TPSA) is 116 Å². The van der Waals surface area contributed by atoms with Crippen LogP contribution in [0.15, 0.2) is 35.7 Å². The quantitative estimate of drug-likeness (QED) is 0.456. The highest BCUT2D eigenvalue weighted by atomic mass is 16.2. The Balaban J connectivity index is 1.79. The second kappa shape index (κ2) is 5.17. The van der Waals surface area contributed by atoms with Crippen molar-refractivity contribution >= 4 is 36.0 Å². The van der Waals surface area contributed by atoms with Gasteiger partial charge in [0.25, 0.3) is 11.8 Å². The predicted octanol–water partition coefficient (Wildman–Crippen LogP) is 0.0472. The molecule has 0 radical (unpaired) electrons. The van der Waals surface area contributed by atoms with Gasteiger partial charge in [0.1, 0.15) is 11.4 Å². The van der Waals surface area contributed by atoms with Gasteiger partial charge in [-0.2, -0.15) is 0 Å². The third kappa shape index (κ3) is 2.70. The second-order valence-electron chi connectivity index (χ2n) is 4.60. The number of hydrogen-bond donors (Lipinski definition) is 4. The number of nitrogens with one attached hydrogen (secondary N) is 4. The van der Waals surface area contributed by atoms with Crippen LogP contribution < -0.4 is 21.3 Å². The number of imide groups is 2. The lowest BCUT2D eigenvalue weighted by Crippen LogP contribution is -2.22. The van der Waals surface area contributed by atoms with Gasteiger partial charge in [-0.1, -0.05) is 24.3 Å². The molecule has 4 N–H and O–H groups in total. The molecule has 2 fully saturated rings. The van der Waals surface area contributed by atoms with Gasteiger partial charge in [-0.15, -0.1) is 0 Å². The molecule has 6 amide bonds. The van der Waals surface area contributed by atoms with E-state index < -0.39 is 23.9 Å². The summed E-state index contributed by atoms with van der Waals surface area (Å²) in [5, 5.41) is 8.98. The molecule has 22 heavy (non-hydrogen) atoms. The normalized spacial score (nSPS) is 20.9. The Labute approximate surface area is 124 Å². The Morgan fingerprint density at radius 3 is 1.23 bits per heavy atom. The largest absolute Gasteiger partial charge is 0.326 e. The monoisotopic (exact) mass is 298 g/mol. The summed E-state index contributed by atoms with van der Waals surface area (Å²) >= 11 is 0. The smallest absolute Gasteiger partial charge is 0.303 e. The van der Waals surface area contributed by atoms with Crippen molar-refractivity contribution in [3.63, 3.8) is 0 Å². The van der Waals surface area contributed by atoms with Crippen LogP contribution in [0.5, 0.6) is 0 Å². The molecule has 3 rings (SSSR count). The Morgan fingerprint density at radius 1 is 0.591 bits per heavy atom.